The molecule has 0 bridgehead atoms. The molecule has 5 N–H and O–H groups in total. The first-order valence-corrected chi connectivity index (χ1v) is 5.81. The minimum Gasteiger partial charge on any atom is -0.394 e. The van der Waals surface area contributed by atoms with Gasteiger partial charge in [0.1, 0.15) is 18.3 Å². The second-order valence-corrected chi connectivity index (χ2v) is 4.43. The summed E-state index contributed by atoms with van der Waals surface area (Å²) in [5, 5.41) is 28.7. The van der Waals surface area contributed by atoms with E-state index in [1.54, 1.807) is 0 Å². The van der Waals surface area contributed by atoms with Crippen LogP contribution in [0.3, 0.4) is 0 Å². The molecule has 3 heterocycles. The minimum atomic E-state index is -1.32. The van der Waals surface area contributed by atoms with Gasteiger partial charge in [0, 0.05) is 0 Å². The van der Waals surface area contributed by atoms with Gasteiger partial charge in [-0.05, 0) is 0 Å². The predicted molar refractivity (Wildman–Crippen MR) is 62.7 cm³/mol. The fourth-order valence-corrected chi connectivity index (χ4v) is 2.21. The molecule has 10 heteroatoms. The first-order chi connectivity index (χ1) is 9.52. The Morgan fingerprint density at radius 3 is 2.75 bits per heavy atom. The number of fused-ring (bicyclic) bond motifs is 1. The third-order valence-corrected chi connectivity index (χ3v) is 3.21. The molecule has 3 rings (SSSR count). The van der Waals surface area contributed by atoms with Crippen molar-refractivity contribution in [3.63, 3.8) is 0 Å². The summed E-state index contributed by atoms with van der Waals surface area (Å²) in [5.41, 5.74) is 5.71. The summed E-state index contributed by atoms with van der Waals surface area (Å²) in [4.78, 5) is 10.8. The van der Waals surface area contributed by atoms with Crippen LogP contribution in [-0.4, -0.2) is 59.8 Å². The first-order valence-electron chi connectivity index (χ1n) is 5.81. The third kappa shape index (κ3) is 1.81. The second-order valence-electron chi connectivity index (χ2n) is 4.43. The highest BCUT2D eigenvalue weighted by Gasteiger charge is 2.44. The van der Waals surface area contributed by atoms with E-state index in [4.69, 9.17) is 15.6 Å². The molecule has 9 nitrogen and oxygen atoms in total. The van der Waals surface area contributed by atoms with E-state index < -0.39 is 37.2 Å². The maximum atomic E-state index is 13.2. The lowest BCUT2D eigenvalue weighted by atomic mass is 10.1. The van der Waals surface area contributed by atoms with Crippen LogP contribution in [0, 0.1) is 6.08 Å². The Morgan fingerprint density at radius 2 is 2.10 bits per heavy atom. The van der Waals surface area contributed by atoms with Gasteiger partial charge in [-0.25, -0.2) is 4.98 Å². The Balaban J connectivity index is 2.07. The lowest BCUT2D eigenvalue weighted by Gasteiger charge is -2.16. The maximum Gasteiger partial charge on any atom is 0.312 e. The molecule has 1 saturated heterocycles. The summed E-state index contributed by atoms with van der Waals surface area (Å²) in [5.74, 6) is -0.141. The van der Waals surface area contributed by atoms with Crippen LogP contribution in [-0.2, 0) is 4.74 Å². The zero-order chi connectivity index (χ0) is 14.4. The number of rotatable bonds is 2. The Labute approximate surface area is 111 Å². The second kappa shape index (κ2) is 4.59. The number of imidazole rings is 1. The lowest BCUT2D eigenvalue weighted by molar-refractivity contribution is -0.0511. The minimum absolute atomic E-state index is 0.0323. The van der Waals surface area contributed by atoms with Gasteiger partial charge in [-0.1, -0.05) is 0 Å². The molecule has 0 saturated carbocycles. The summed E-state index contributed by atoms with van der Waals surface area (Å²) < 4.78 is 19.8. The van der Waals surface area contributed by atoms with Crippen LogP contribution in [0.2, 0.25) is 0 Å². The summed E-state index contributed by atoms with van der Waals surface area (Å²) in [6.07, 6.45) is -4.38. The number of nitrogens with two attached hydrogens (primary N) is 1. The van der Waals surface area contributed by atoms with Crippen LogP contribution in [0.5, 0.6) is 0 Å². The van der Waals surface area contributed by atoms with Gasteiger partial charge >= 0.3 is 6.08 Å². The predicted octanol–water partition coefficient (Wildman–Crippen LogP) is -1.84. The Kier molecular flexibility index (Phi) is 3.01. The van der Waals surface area contributed by atoms with Gasteiger partial charge in [-0.2, -0.15) is 14.4 Å². The molecule has 4 atom stereocenters. The van der Waals surface area contributed by atoms with Gasteiger partial charge in [0.25, 0.3) is 0 Å². The van der Waals surface area contributed by atoms with Gasteiger partial charge in [0.2, 0.25) is 0 Å². The number of halogens is 1. The van der Waals surface area contributed by atoms with Crippen molar-refractivity contribution in [3.8, 4) is 0 Å². The topological polar surface area (TPSA) is 140 Å². The van der Waals surface area contributed by atoms with E-state index >= 15 is 0 Å². The molecule has 1 unspecified atom stereocenters. The molecule has 2 aromatic heterocycles. The van der Waals surface area contributed by atoms with E-state index in [-0.39, 0.29) is 17.0 Å². The molecule has 0 aliphatic carbocycles. The van der Waals surface area contributed by atoms with Crippen LogP contribution < -0.4 is 5.73 Å². The number of aromatic nitrogens is 4. The summed E-state index contributed by atoms with van der Waals surface area (Å²) in [6.45, 7) is -0.465. The number of hydrogen-bond donors (Lipinski definition) is 4. The van der Waals surface area contributed by atoms with Crippen molar-refractivity contribution in [2.45, 2.75) is 24.5 Å². The molecule has 0 spiro atoms. The lowest BCUT2D eigenvalue weighted by Crippen LogP contribution is -2.33. The zero-order valence-corrected chi connectivity index (χ0v) is 10.1. The quantitative estimate of drug-likeness (QED) is 0.473. The standard InChI is InChI=1S/C10H12FN5O4/c11-10-14-7(12)4-8(15-10)16(2-13-4)9-6(19)5(18)3(1-17)20-9/h2-3,5-6,9,17-19H,1H2,(H2,12,14,15)/t3-,5?,6-,9-/m1/s1/i10+1,14+1,15+1. The number of anilines is 1. The van der Waals surface area contributed by atoms with Crippen molar-refractivity contribution in [2.24, 2.45) is 0 Å². The van der Waals surface area contributed by atoms with E-state index in [1.165, 1.54) is 10.9 Å². The first kappa shape index (κ1) is 13.1. The SMILES string of the molecule is Nc1[15n][13c](F)[15n]c2c1ncn2[C@@H]1O[C@H](CO)C(O)[C@H]1O. The highest BCUT2D eigenvalue weighted by atomic mass is 19.2. The number of nitrogens with zero attached hydrogens (tertiary/aromatic N) is 4. The summed E-state index contributed by atoms with van der Waals surface area (Å²) >= 11 is 0. The molecule has 1 aliphatic rings. The highest BCUT2D eigenvalue weighted by molar-refractivity contribution is 5.81. The Morgan fingerprint density at radius 1 is 1.35 bits per heavy atom. The van der Waals surface area contributed by atoms with Crippen molar-refractivity contribution in [1.29, 1.82) is 0 Å². The number of aliphatic hydroxyl groups is 3. The zero-order valence-electron chi connectivity index (χ0n) is 10.1. The van der Waals surface area contributed by atoms with Crippen LogP contribution in [0.15, 0.2) is 6.33 Å². The molecule has 0 aromatic carbocycles. The molecule has 0 amide bonds. The largest absolute Gasteiger partial charge is 0.394 e. The van der Waals surface area contributed by atoms with Crippen LogP contribution >= 0.6 is 0 Å². The third-order valence-electron chi connectivity index (χ3n) is 3.21. The normalized spacial score (nSPS) is 30.2. The molecule has 1 fully saturated rings. The van der Waals surface area contributed by atoms with Crippen molar-refractivity contribution >= 4 is 17.0 Å². The van der Waals surface area contributed by atoms with Gasteiger partial charge in [-0.3, -0.25) is 4.57 Å². The fraction of sp³-hybridized carbons (Fsp3) is 0.500. The fourth-order valence-electron chi connectivity index (χ4n) is 2.21. The van der Waals surface area contributed by atoms with Gasteiger partial charge in [0.05, 0.1) is 12.9 Å². The molecular weight excluding hydrogens is 276 g/mol. The van der Waals surface area contributed by atoms with E-state index in [0.29, 0.717) is 0 Å². The van der Waals surface area contributed by atoms with Gasteiger partial charge < -0.3 is 25.8 Å². The monoisotopic (exact) mass is 288 g/mol. The number of hydrogen-bond acceptors (Lipinski definition) is 8. The number of nitrogen functional groups attached to an aromatic ring is 1. The molecule has 108 valence electrons. The summed E-state index contributed by atoms with van der Waals surface area (Å²) in [7, 11) is 0. The summed E-state index contributed by atoms with van der Waals surface area (Å²) in [6, 6.07) is 0. The van der Waals surface area contributed by atoms with Crippen LogP contribution in [0.1, 0.15) is 6.23 Å². The van der Waals surface area contributed by atoms with Crippen molar-refractivity contribution in [1.82, 2.24) is 19.5 Å². The van der Waals surface area contributed by atoms with E-state index in [2.05, 4.69) is 15.0 Å². The molecular formula is C10H12FN5O4. The van der Waals surface area contributed by atoms with Gasteiger partial charge in [-0.15, -0.1) is 0 Å². The van der Waals surface area contributed by atoms with Crippen LogP contribution in [0.25, 0.3) is 11.2 Å². The highest BCUT2D eigenvalue weighted by Crippen LogP contribution is 2.31. The smallest absolute Gasteiger partial charge is 0.312 e. The number of ether oxygens (including phenoxy) is 1. The molecule has 2 aromatic rings. The Bertz CT molecular complexity index is 650. The van der Waals surface area contributed by atoms with E-state index in [0.717, 1.165) is 0 Å². The Hall–Kier alpha value is -1.88. The van der Waals surface area contributed by atoms with Crippen LogP contribution in [0.4, 0.5) is 10.2 Å². The molecule has 0 radical (unpaired) electrons. The molecule has 1 aliphatic heterocycles. The van der Waals surface area contributed by atoms with Crippen molar-refractivity contribution in [3.05, 3.63) is 12.4 Å². The van der Waals surface area contributed by atoms with Crippen molar-refractivity contribution in [2.75, 3.05) is 12.3 Å². The maximum absolute atomic E-state index is 13.2. The van der Waals surface area contributed by atoms with E-state index in [1.807, 2.05) is 0 Å². The average Bonchev–Trinajstić information content (AvgIpc) is 2.93. The average molecular weight is 288 g/mol. The molecule has 20 heavy (non-hydrogen) atoms. The van der Waals surface area contributed by atoms with Crippen molar-refractivity contribution < 1.29 is 24.4 Å². The van der Waals surface area contributed by atoms with E-state index in [9.17, 15) is 14.6 Å². The van der Waals surface area contributed by atoms with Gasteiger partial charge in [0.15, 0.2) is 23.2 Å². The number of aliphatic hydroxyl groups excluding tert-OH is 3.